The van der Waals surface area contributed by atoms with Crippen LogP contribution >= 0.6 is 15.9 Å². The van der Waals surface area contributed by atoms with Crippen molar-refractivity contribution in [2.45, 2.75) is 39.4 Å². The summed E-state index contributed by atoms with van der Waals surface area (Å²) in [6, 6.07) is 5.73. The topological polar surface area (TPSA) is 49.8 Å². The number of ether oxygens (including phenoxy) is 1. The summed E-state index contributed by atoms with van der Waals surface area (Å²) < 4.78 is 6.53. The van der Waals surface area contributed by atoms with Crippen molar-refractivity contribution in [3.8, 4) is 5.75 Å². The fourth-order valence-electron chi connectivity index (χ4n) is 1.74. The van der Waals surface area contributed by atoms with Gasteiger partial charge in [-0.05, 0) is 60.8 Å². The van der Waals surface area contributed by atoms with E-state index in [4.69, 9.17) is 4.74 Å². The quantitative estimate of drug-likeness (QED) is 0.863. The number of aliphatic hydroxyl groups excluding tert-OH is 1. The molecule has 112 valence electrons. The molecule has 0 aromatic heterocycles. The van der Waals surface area contributed by atoms with Crippen molar-refractivity contribution in [3.05, 3.63) is 28.2 Å². The molecule has 0 saturated carbocycles. The van der Waals surface area contributed by atoms with Crippen molar-refractivity contribution in [2.24, 2.45) is 0 Å². The van der Waals surface area contributed by atoms with Gasteiger partial charge in [0.1, 0.15) is 5.75 Å². The van der Waals surface area contributed by atoms with Gasteiger partial charge < -0.3 is 14.7 Å². The van der Waals surface area contributed by atoms with E-state index >= 15 is 0 Å². The minimum Gasteiger partial charge on any atom is -0.480 e. The Morgan fingerprint density at radius 1 is 1.45 bits per heavy atom. The van der Waals surface area contributed by atoms with Crippen LogP contribution < -0.4 is 4.74 Å². The van der Waals surface area contributed by atoms with E-state index in [9.17, 15) is 9.90 Å². The lowest BCUT2D eigenvalue weighted by Gasteiger charge is -2.23. The fourth-order valence-corrected chi connectivity index (χ4v) is 2.33. The first-order chi connectivity index (χ1) is 9.31. The molecule has 0 bridgehead atoms. The predicted octanol–water partition coefficient (Wildman–Crippen LogP) is 2.75. The van der Waals surface area contributed by atoms with Gasteiger partial charge in [0.2, 0.25) is 0 Å². The Balaban J connectivity index is 2.61. The third-order valence-corrected chi connectivity index (χ3v) is 3.62. The fraction of sp³-hybridized carbons (Fsp3) is 0.533. The van der Waals surface area contributed by atoms with Crippen molar-refractivity contribution in [1.82, 2.24) is 4.90 Å². The molecular weight excluding hydrogens is 322 g/mol. The average Bonchev–Trinajstić information content (AvgIpc) is 2.38. The number of carbonyl (C=O) groups is 1. The average molecular weight is 344 g/mol. The Labute approximate surface area is 128 Å². The number of carbonyl (C=O) groups excluding carboxylic acids is 1. The largest absolute Gasteiger partial charge is 0.480 e. The molecule has 1 aromatic rings. The monoisotopic (exact) mass is 343 g/mol. The zero-order valence-electron chi connectivity index (χ0n) is 12.4. The van der Waals surface area contributed by atoms with Crippen LogP contribution in [-0.4, -0.2) is 41.7 Å². The number of nitrogens with zero attached hydrogens (tertiary/aromatic N) is 1. The molecule has 1 amide bonds. The number of amides is 1. The smallest absolute Gasteiger partial charge is 0.263 e. The molecule has 0 aliphatic rings. The Bertz CT molecular complexity index is 462. The molecule has 4 nitrogen and oxygen atoms in total. The highest BCUT2D eigenvalue weighted by Gasteiger charge is 2.20. The first kappa shape index (κ1) is 17.0. The van der Waals surface area contributed by atoms with E-state index in [0.29, 0.717) is 18.7 Å². The number of rotatable bonds is 6. The van der Waals surface area contributed by atoms with Crippen molar-refractivity contribution >= 4 is 21.8 Å². The predicted molar refractivity (Wildman–Crippen MR) is 82.9 cm³/mol. The highest BCUT2D eigenvalue weighted by molar-refractivity contribution is 9.10. The highest BCUT2D eigenvalue weighted by Crippen LogP contribution is 2.26. The van der Waals surface area contributed by atoms with Crippen LogP contribution in [0.3, 0.4) is 0 Å². The second-order valence-corrected chi connectivity index (χ2v) is 5.95. The molecular formula is C15H22BrNO3. The van der Waals surface area contributed by atoms with Crippen molar-refractivity contribution < 1.29 is 14.6 Å². The Morgan fingerprint density at radius 3 is 2.65 bits per heavy atom. The molecule has 2 atom stereocenters. The van der Waals surface area contributed by atoms with Crippen LogP contribution in [0.2, 0.25) is 0 Å². The third-order valence-electron chi connectivity index (χ3n) is 3.00. The molecule has 0 heterocycles. The van der Waals surface area contributed by atoms with Crippen LogP contribution in [-0.2, 0) is 4.79 Å². The van der Waals surface area contributed by atoms with E-state index in [1.165, 1.54) is 0 Å². The minimum atomic E-state index is -0.562. The lowest BCUT2D eigenvalue weighted by molar-refractivity contribution is -0.136. The molecule has 2 unspecified atom stereocenters. The molecule has 0 aliphatic heterocycles. The van der Waals surface area contributed by atoms with Crippen LogP contribution in [0.15, 0.2) is 22.7 Å². The molecule has 0 spiro atoms. The van der Waals surface area contributed by atoms with Crippen molar-refractivity contribution in [3.63, 3.8) is 0 Å². The van der Waals surface area contributed by atoms with E-state index < -0.39 is 12.2 Å². The maximum absolute atomic E-state index is 12.1. The number of benzene rings is 1. The Kier molecular flexibility index (Phi) is 6.49. The number of aryl methyl sites for hydroxylation is 1. The van der Waals surface area contributed by atoms with E-state index in [-0.39, 0.29) is 5.91 Å². The van der Waals surface area contributed by atoms with Gasteiger partial charge in [0.25, 0.3) is 5.91 Å². The molecule has 1 N–H and O–H groups in total. The van der Waals surface area contributed by atoms with Gasteiger partial charge in [-0.25, -0.2) is 0 Å². The van der Waals surface area contributed by atoms with Crippen LogP contribution in [0.1, 0.15) is 25.8 Å². The van der Waals surface area contributed by atoms with Crippen LogP contribution in [0, 0.1) is 6.92 Å². The van der Waals surface area contributed by atoms with E-state index in [2.05, 4.69) is 15.9 Å². The number of hydrogen-bond donors (Lipinski definition) is 1. The third kappa shape index (κ3) is 5.13. The van der Waals surface area contributed by atoms with Gasteiger partial charge in [0.15, 0.2) is 6.10 Å². The van der Waals surface area contributed by atoms with Crippen LogP contribution in [0.25, 0.3) is 0 Å². The van der Waals surface area contributed by atoms with E-state index in [1.807, 2.05) is 25.1 Å². The summed E-state index contributed by atoms with van der Waals surface area (Å²) in [5, 5.41) is 9.24. The summed E-state index contributed by atoms with van der Waals surface area (Å²) in [5.41, 5.74) is 1.12. The lowest BCUT2D eigenvalue weighted by Crippen LogP contribution is -2.39. The molecule has 5 heteroatoms. The summed E-state index contributed by atoms with van der Waals surface area (Å²) in [6.45, 7) is 5.95. The second kappa shape index (κ2) is 7.64. The molecule has 1 rings (SSSR count). The zero-order valence-corrected chi connectivity index (χ0v) is 14.0. The van der Waals surface area contributed by atoms with Gasteiger partial charge in [-0.3, -0.25) is 4.79 Å². The SMILES string of the molecule is Cc1ccc(OC(C)C(=O)N(C)CCC(C)O)c(Br)c1. The summed E-state index contributed by atoms with van der Waals surface area (Å²) >= 11 is 3.43. The van der Waals surface area contributed by atoms with Crippen LogP contribution in [0.4, 0.5) is 0 Å². The maximum atomic E-state index is 12.1. The number of halogens is 1. The molecule has 0 aliphatic carbocycles. The molecule has 20 heavy (non-hydrogen) atoms. The van der Waals surface area contributed by atoms with Gasteiger partial charge in [0.05, 0.1) is 10.6 Å². The highest BCUT2D eigenvalue weighted by atomic mass is 79.9. The Morgan fingerprint density at radius 2 is 2.10 bits per heavy atom. The number of hydrogen-bond acceptors (Lipinski definition) is 3. The minimum absolute atomic E-state index is 0.0990. The number of likely N-dealkylation sites (N-methyl/N-ethyl adjacent to an activating group) is 1. The normalized spacial score (nSPS) is 13.7. The molecule has 0 fully saturated rings. The molecule has 0 radical (unpaired) electrons. The van der Waals surface area contributed by atoms with Gasteiger partial charge in [0, 0.05) is 13.6 Å². The molecule has 0 saturated heterocycles. The summed E-state index contributed by atoms with van der Waals surface area (Å²) in [7, 11) is 1.72. The second-order valence-electron chi connectivity index (χ2n) is 5.09. The summed E-state index contributed by atoms with van der Waals surface area (Å²) in [5.74, 6) is 0.554. The molecule has 1 aromatic carbocycles. The van der Waals surface area contributed by atoms with E-state index in [0.717, 1.165) is 10.0 Å². The van der Waals surface area contributed by atoms with Gasteiger partial charge in [-0.15, -0.1) is 0 Å². The van der Waals surface area contributed by atoms with Crippen molar-refractivity contribution in [1.29, 1.82) is 0 Å². The van der Waals surface area contributed by atoms with Crippen molar-refractivity contribution in [2.75, 3.05) is 13.6 Å². The maximum Gasteiger partial charge on any atom is 0.263 e. The summed E-state index contributed by atoms with van der Waals surface area (Å²) in [4.78, 5) is 13.7. The van der Waals surface area contributed by atoms with Gasteiger partial charge in [-0.2, -0.15) is 0 Å². The van der Waals surface area contributed by atoms with Gasteiger partial charge >= 0.3 is 0 Å². The Hall–Kier alpha value is -1.07. The first-order valence-corrected chi connectivity index (χ1v) is 7.46. The first-order valence-electron chi connectivity index (χ1n) is 6.67. The summed E-state index contributed by atoms with van der Waals surface area (Å²) in [6.07, 6.45) is -0.413. The van der Waals surface area contributed by atoms with Gasteiger partial charge in [-0.1, -0.05) is 6.07 Å². The lowest BCUT2D eigenvalue weighted by atomic mass is 10.2. The van der Waals surface area contributed by atoms with Crippen LogP contribution in [0.5, 0.6) is 5.75 Å². The zero-order chi connectivity index (χ0) is 15.3. The van der Waals surface area contributed by atoms with E-state index in [1.54, 1.807) is 25.8 Å². The standard InChI is InChI=1S/C15H22BrNO3/c1-10-5-6-14(13(16)9-10)20-12(3)15(19)17(4)8-7-11(2)18/h5-6,9,11-12,18H,7-8H2,1-4H3. The number of aliphatic hydroxyl groups is 1.